The summed E-state index contributed by atoms with van der Waals surface area (Å²) in [6.45, 7) is 1.22. The van der Waals surface area contributed by atoms with Gasteiger partial charge in [-0.1, -0.05) is 0 Å². The topological polar surface area (TPSA) is 79.0 Å². The van der Waals surface area contributed by atoms with E-state index >= 15 is 0 Å². The normalized spacial score (nSPS) is 24.6. The Kier molecular flexibility index (Phi) is 3.53. The highest BCUT2D eigenvalue weighted by Gasteiger charge is 2.28. The largest absolute Gasteiger partial charge is 0.380 e. The number of amides is 1. The maximum atomic E-state index is 11.7. The zero-order valence-electron chi connectivity index (χ0n) is 9.19. The molecule has 6 nitrogen and oxygen atoms in total. The first-order valence-electron chi connectivity index (χ1n) is 5.31. The Labute approximate surface area is 93.8 Å². The minimum Gasteiger partial charge on any atom is -0.380 e. The number of aromatic nitrogens is 2. The van der Waals surface area contributed by atoms with Crippen molar-refractivity contribution in [1.82, 2.24) is 20.8 Å². The summed E-state index contributed by atoms with van der Waals surface area (Å²) in [5.41, 5.74) is 0.898. The number of H-pyrrole nitrogens is 1. The van der Waals surface area contributed by atoms with Gasteiger partial charge in [-0.05, 0) is 12.5 Å². The maximum absolute atomic E-state index is 11.7. The van der Waals surface area contributed by atoms with Crippen molar-refractivity contribution in [3.8, 4) is 0 Å². The van der Waals surface area contributed by atoms with E-state index in [4.69, 9.17) is 4.74 Å². The summed E-state index contributed by atoms with van der Waals surface area (Å²) in [6, 6.07) is 1.69. The molecule has 2 unspecified atom stereocenters. The van der Waals surface area contributed by atoms with Gasteiger partial charge in [0.15, 0.2) is 0 Å². The predicted octanol–water partition coefficient (Wildman–Crippen LogP) is -0.597. The zero-order chi connectivity index (χ0) is 11.4. The molecule has 0 saturated carbocycles. The van der Waals surface area contributed by atoms with Gasteiger partial charge in [0.1, 0.15) is 0 Å². The second-order valence-electron chi connectivity index (χ2n) is 3.85. The standard InChI is InChI=1S/C10H16N4O2/c1-16-8-4-9(11-6-8)10(15)12-5-7-2-3-13-14-7/h2-3,8-9,11H,4-6H2,1H3,(H,12,15)(H,13,14). The highest BCUT2D eigenvalue weighted by Crippen LogP contribution is 2.09. The molecule has 1 aliphatic heterocycles. The molecule has 3 N–H and O–H groups in total. The van der Waals surface area contributed by atoms with E-state index in [0.717, 1.165) is 18.7 Å². The number of hydrogen-bond donors (Lipinski definition) is 3. The van der Waals surface area contributed by atoms with E-state index < -0.39 is 0 Å². The summed E-state index contributed by atoms with van der Waals surface area (Å²) in [5.74, 6) is 0.00847. The van der Waals surface area contributed by atoms with Gasteiger partial charge in [0.2, 0.25) is 5.91 Å². The van der Waals surface area contributed by atoms with E-state index in [1.54, 1.807) is 13.3 Å². The number of aromatic amines is 1. The SMILES string of the molecule is COC1CNC(C(=O)NCc2ccn[nH]2)C1. The van der Waals surface area contributed by atoms with Gasteiger partial charge in [-0.15, -0.1) is 0 Å². The van der Waals surface area contributed by atoms with Crippen molar-refractivity contribution in [1.29, 1.82) is 0 Å². The van der Waals surface area contributed by atoms with Crippen LogP contribution in [0.1, 0.15) is 12.1 Å². The van der Waals surface area contributed by atoms with Crippen molar-refractivity contribution in [2.45, 2.75) is 25.1 Å². The molecular weight excluding hydrogens is 208 g/mol. The van der Waals surface area contributed by atoms with Crippen LogP contribution in [0.3, 0.4) is 0 Å². The molecule has 2 atom stereocenters. The van der Waals surface area contributed by atoms with Crippen molar-refractivity contribution < 1.29 is 9.53 Å². The monoisotopic (exact) mass is 224 g/mol. The molecule has 0 spiro atoms. The Bertz CT molecular complexity index is 339. The van der Waals surface area contributed by atoms with Crippen molar-refractivity contribution in [2.24, 2.45) is 0 Å². The van der Waals surface area contributed by atoms with Gasteiger partial charge in [0.25, 0.3) is 0 Å². The molecule has 16 heavy (non-hydrogen) atoms. The van der Waals surface area contributed by atoms with E-state index in [1.165, 1.54) is 0 Å². The summed E-state index contributed by atoms with van der Waals surface area (Å²) in [4.78, 5) is 11.7. The Morgan fingerprint density at radius 2 is 2.62 bits per heavy atom. The fourth-order valence-electron chi connectivity index (χ4n) is 1.77. The minimum atomic E-state index is -0.145. The number of nitrogens with zero attached hydrogens (tertiary/aromatic N) is 1. The van der Waals surface area contributed by atoms with Crippen molar-refractivity contribution >= 4 is 5.91 Å². The van der Waals surface area contributed by atoms with Gasteiger partial charge in [-0.25, -0.2) is 0 Å². The van der Waals surface area contributed by atoms with Gasteiger partial charge >= 0.3 is 0 Å². The first-order valence-corrected chi connectivity index (χ1v) is 5.31. The van der Waals surface area contributed by atoms with Crippen molar-refractivity contribution in [2.75, 3.05) is 13.7 Å². The van der Waals surface area contributed by atoms with E-state index in [1.807, 2.05) is 6.07 Å². The van der Waals surface area contributed by atoms with Gasteiger partial charge < -0.3 is 15.4 Å². The molecule has 6 heteroatoms. The molecule has 1 aliphatic rings. The molecule has 0 aliphatic carbocycles. The molecule has 1 saturated heterocycles. The first-order chi connectivity index (χ1) is 7.79. The zero-order valence-corrected chi connectivity index (χ0v) is 9.19. The molecule has 2 heterocycles. The maximum Gasteiger partial charge on any atom is 0.237 e. The third-order valence-electron chi connectivity index (χ3n) is 2.75. The predicted molar refractivity (Wildman–Crippen MR) is 57.6 cm³/mol. The van der Waals surface area contributed by atoms with E-state index in [9.17, 15) is 4.79 Å². The third-order valence-corrected chi connectivity index (χ3v) is 2.75. The fraction of sp³-hybridized carbons (Fsp3) is 0.600. The fourth-order valence-corrected chi connectivity index (χ4v) is 1.77. The summed E-state index contributed by atoms with van der Waals surface area (Å²) in [6.07, 6.45) is 2.53. The van der Waals surface area contributed by atoms with Crippen molar-refractivity contribution in [3.63, 3.8) is 0 Å². The van der Waals surface area contributed by atoms with Crippen LogP contribution in [0.5, 0.6) is 0 Å². The summed E-state index contributed by atoms with van der Waals surface area (Å²) in [7, 11) is 1.66. The van der Waals surface area contributed by atoms with Crippen LogP contribution in [0.25, 0.3) is 0 Å². The second-order valence-corrected chi connectivity index (χ2v) is 3.85. The van der Waals surface area contributed by atoms with Crippen LogP contribution in [0.15, 0.2) is 12.3 Å². The number of carbonyl (C=O) groups excluding carboxylic acids is 1. The third kappa shape index (κ3) is 2.59. The van der Waals surface area contributed by atoms with Crippen LogP contribution >= 0.6 is 0 Å². The number of rotatable bonds is 4. The number of hydrogen-bond acceptors (Lipinski definition) is 4. The molecule has 1 amide bonds. The molecule has 0 radical (unpaired) electrons. The van der Waals surface area contributed by atoms with E-state index in [2.05, 4.69) is 20.8 Å². The Hall–Kier alpha value is -1.40. The Morgan fingerprint density at radius 3 is 3.25 bits per heavy atom. The second kappa shape index (κ2) is 5.09. The molecular formula is C10H16N4O2. The smallest absolute Gasteiger partial charge is 0.237 e. The lowest BCUT2D eigenvalue weighted by molar-refractivity contribution is -0.123. The quantitative estimate of drug-likeness (QED) is 0.638. The molecule has 0 bridgehead atoms. The van der Waals surface area contributed by atoms with Crippen LogP contribution in [-0.2, 0) is 16.1 Å². The van der Waals surface area contributed by atoms with Crippen LogP contribution in [0.2, 0.25) is 0 Å². The lowest BCUT2D eigenvalue weighted by Crippen LogP contribution is -2.40. The molecule has 1 aromatic heterocycles. The van der Waals surface area contributed by atoms with Gasteiger partial charge in [-0.3, -0.25) is 9.89 Å². The van der Waals surface area contributed by atoms with Gasteiger partial charge in [0.05, 0.1) is 24.4 Å². The van der Waals surface area contributed by atoms with E-state index in [0.29, 0.717) is 6.54 Å². The summed E-state index contributed by atoms with van der Waals surface area (Å²) >= 11 is 0. The Morgan fingerprint density at radius 1 is 1.75 bits per heavy atom. The van der Waals surface area contributed by atoms with Crippen molar-refractivity contribution in [3.05, 3.63) is 18.0 Å². The highest BCUT2D eigenvalue weighted by atomic mass is 16.5. The summed E-state index contributed by atoms with van der Waals surface area (Å²) < 4.78 is 5.18. The highest BCUT2D eigenvalue weighted by molar-refractivity contribution is 5.82. The van der Waals surface area contributed by atoms with Gasteiger partial charge in [-0.2, -0.15) is 5.10 Å². The average molecular weight is 224 g/mol. The van der Waals surface area contributed by atoms with Crippen LogP contribution in [0.4, 0.5) is 0 Å². The van der Waals surface area contributed by atoms with Crippen LogP contribution in [-0.4, -0.2) is 41.9 Å². The summed E-state index contributed by atoms with van der Waals surface area (Å²) in [5, 5.41) is 12.6. The van der Waals surface area contributed by atoms with E-state index in [-0.39, 0.29) is 18.1 Å². The van der Waals surface area contributed by atoms with Crippen LogP contribution < -0.4 is 10.6 Å². The lowest BCUT2D eigenvalue weighted by atomic mass is 10.2. The van der Waals surface area contributed by atoms with Crippen LogP contribution in [0, 0.1) is 0 Å². The average Bonchev–Trinajstić information content (AvgIpc) is 2.96. The number of nitrogens with one attached hydrogen (secondary N) is 3. The number of carbonyl (C=O) groups is 1. The lowest BCUT2D eigenvalue weighted by Gasteiger charge is -2.10. The molecule has 88 valence electrons. The molecule has 1 aromatic rings. The number of methoxy groups -OCH3 is 1. The minimum absolute atomic E-state index is 0.00847. The molecule has 0 aromatic carbocycles. The molecule has 1 fully saturated rings. The Balaban J connectivity index is 1.76. The first kappa shape index (κ1) is 11.1. The number of ether oxygens (including phenoxy) is 1. The molecule has 2 rings (SSSR count). The van der Waals surface area contributed by atoms with Gasteiger partial charge in [0, 0.05) is 19.9 Å².